The first-order valence-electron chi connectivity index (χ1n) is 6.11. The number of ether oxygens (including phenoxy) is 1. The molecule has 0 aliphatic heterocycles. The first-order valence-corrected chi connectivity index (χ1v) is 6.11. The monoisotopic (exact) mass is 290 g/mol. The molecule has 0 unspecified atom stereocenters. The van der Waals surface area contributed by atoms with E-state index in [1.165, 1.54) is 13.3 Å². The summed E-state index contributed by atoms with van der Waals surface area (Å²) < 4.78 is 4.91. The van der Waals surface area contributed by atoms with Gasteiger partial charge in [-0.25, -0.2) is 9.78 Å². The molecule has 0 fully saturated rings. The number of nitrogens with one attached hydrogen (secondary N) is 3. The summed E-state index contributed by atoms with van der Waals surface area (Å²) in [5, 5.41) is 2.61. The van der Waals surface area contributed by atoms with E-state index in [-0.39, 0.29) is 17.9 Å². The zero-order valence-corrected chi connectivity index (χ0v) is 11.5. The predicted molar refractivity (Wildman–Crippen MR) is 75.5 cm³/mol. The normalized spacial score (nSPS) is 10.2. The molecule has 8 nitrogen and oxygen atoms in total. The fraction of sp³-hybridized carbons (Fsp3) is 0.231. The Morgan fingerprint density at radius 2 is 2.10 bits per heavy atom. The van der Waals surface area contributed by atoms with Crippen LogP contribution in [-0.4, -0.2) is 28.0 Å². The van der Waals surface area contributed by atoms with Crippen molar-refractivity contribution >= 4 is 11.6 Å². The van der Waals surface area contributed by atoms with Gasteiger partial charge in [0, 0.05) is 17.3 Å². The Morgan fingerprint density at radius 1 is 1.33 bits per heavy atom. The van der Waals surface area contributed by atoms with E-state index in [4.69, 9.17) is 4.74 Å². The molecular formula is C13H14N4O4. The predicted octanol–water partition coefficient (Wildman–Crippen LogP) is -0.0436. The molecule has 8 heteroatoms. The maximum atomic E-state index is 11.9. The smallest absolute Gasteiger partial charge is 0.325 e. The number of methoxy groups -OCH3 is 1. The maximum absolute atomic E-state index is 11.9. The van der Waals surface area contributed by atoms with Crippen LogP contribution >= 0.6 is 0 Å². The quantitative estimate of drug-likeness (QED) is 0.730. The fourth-order valence-electron chi connectivity index (χ4n) is 1.78. The lowest BCUT2D eigenvalue weighted by Gasteiger charge is -2.06. The van der Waals surface area contributed by atoms with Crippen LogP contribution in [0.3, 0.4) is 0 Å². The number of H-pyrrole nitrogens is 2. The van der Waals surface area contributed by atoms with Crippen LogP contribution in [-0.2, 0) is 11.2 Å². The van der Waals surface area contributed by atoms with E-state index in [2.05, 4.69) is 20.3 Å². The van der Waals surface area contributed by atoms with Gasteiger partial charge in [-0.15, -0.1) is 0 Å². The van der Waals surface area contributed by atoms with E-state index in [0.29, 0.717) is 17.3 Å². The number of hydrogen-bond donors (Lipinski definition) is 3. The average Bonchev–Trinajstić information content (AvgIpc) is 2.43. The summed E-state index contributed by atoms with van der Waals surface area (Å²) >= 11 is 0. The molecule has 2 rings (SSSR count). The molecule has 2 aromatic heterocycles. The number of amides is 1. The molecule has 0 radical (unpaired) electrons. The number of aromatic amines is 2. The lowest BCUT2D eigenvalue weighted by Crippen LogP contribution is -2.29. The second-order valence-electron chi connectivity index (χ2n) is 4.33. The average molecular weight is 290 g/mol. The van der Waals surface area contributed by atoms with Gasteiger partial charge in [0.25, 0.3) is 5.56 Å². The van der Waals surface area contributed by atoms with Gasteiger partial charge in [0.05, 0.1) is 25.4 Å². The minimum absolute atomic E-state index is 0.149. The van der Waals surface area contributed by atoms with Gasteiger partial charge in [-0.05, 0) is 13.0 Å². The van der Waals surface area contributed by atoms with Gasteiger partial charge in [-0.3, -0.25) is 14.6 Å². The molecule has 0 atom stereocenters. The van der Waals surface area contributed by atoms with Gasteiger partial charge in [0.1, 0.15) is 0 Å². The summed E-state index contributed by atoms with van der Waals surface area (Å²) in [5.74, 6) is 0.0449. The number of pyridine rings is 1. The molecule has 0 saturated heterocycles. The highest BCUT2D eigenvalue weighted by atomic mass is 16.5. The zero-order chi connectivity index (χ0) is 15.4. The third kappa shape index (κ3) is 3.56. The Morgan fingerprint density at radius 3 is 2.67 bits per heavy atom. The lowest BCUT2D eigenvalue weighted by molar-refractivity contribution is -0.115. The number of rotatable bonds is 4. The van der Waals surface area contributed by atoms with Crippen molar-refractivity contribution in [2.75, 3.05) is 12.4 Å². The van der Waals surface area contributed by atoms with Crippen molar-refractivity contribution in [3.05, 3.63) is 50.4 Å². The third-order valence-corrected chi connectivity index (χ3v) is 2.82. The molecule has 0 spiro atoms. The van der Waals surface area contributed by atoms with E-state index in [0.717, 1.165) is 0 Å². The molecule has 0 aliphatic carbocycles. The summed E-state index contributed by atoms with van der Waals surface area (Å²) in [6, 6.07) is 3.24. The van der Waals surface area contributed by atoms with Crippen LogP contribution in [0.25, 0.3) is 0 Å². The molecule has 0 aromatic carbocycles. The van der Waals surface area contributed by atoms with Crippen molar-refractivity contribution in [3.63, 3.8) is 0 Å². The Labute approximate surface area is 119 Å². The number of anilines is 1. The van der Waals surface area contributed by atoms with Crippen LogP contribution in [0.15, 0.2) is 27.9 Å². The van der Waals surface area contributed by atoms with Crippen LogP contribution in [0.4, 0.5) is 5.69 Å². The van der Waals surface area contributed by atoms with Crippen molar-refractivity contribution in [2.24, 2.45) is 0 Å². The molecule has 110 valence electrons. The van der Waals surface area contributed by atoms with Gasteiger partial charge in [-0.1, -0.05) is 0 Å². The molecule has 0 bridgehead atoms. The van der Waals surface area contributed by atoms with Gasteiger partial charge in [0.15, 0.2) is 0 Å². The zero-order valence-electron chi connectivity index (χ0n) is 11.5. The Kier molecular flexibility index (Phi) is 4.17. The van der Waals surface area contributed by atoms with Crippen molar-refractivity contribution in [1.29, 1.82) is 0 Å². The second kappa shape index (κ2) is 6.04. The molecule has 2 heterocycles. The van der Waals surface area contributed by atoms with Gasteiger partial charge in [-0.2, -0.15) is 0 Å². The minimum Gasteiger partial charge on any atom is -0.481 e. The number of aromatic nitrogens is 3. The van der Waals surface area contributed by atoms with E-state index >= 15 is 0 Å². The van der Waals surface area contributed by atoms with E-state index in [9.17, 15) is 14.4 Å². The SMILES string of the molecule is COc1ccc(NC(=O)Cc2c(C)[nH]c(=O)[nH]c2=O)cn1. The van der Waals surface area contributed by atoms with E-state index in [1.807, 2.05) is 0 Å². The number of aryl methyl sites for hydroxylation is 1. The summed E-state index contributed by atoms with van der Waals surface area (Å²) in [5.41, 5.74) is -0.0973. The summed E-state index contributed by atoms with van der Waals surface area (Å²) in [4.78, 5) is 43.1. The highest BCUT2D eigenvalue weighted by Crippen LogP contribution is 2.11. The number of hydrogen-bond acceptors (Lipinski definition) is 5. The highest BCUT2D eigenvalue weighted by Gasteiger charge is 2.11. The molecule has 1 amide bonds. The van der Waals surface area contributed by atoms with Gasteiger partial charge in [0.2, 0.25) is 11.8 Å². The van der Waals surface area contributed by atoms with Gasteiger partial charge < -0.3 is 15.0 Å². The molecular weight excluding hydrogens is 276 g/mol. The Bertz CT molecular complexity index is 761. The van der Waals surface area contributed by atoms with Crippen LogP contribution in [0.5, 0.6) is 5.88 Å². The van der Waals surface area contributed by atoms with Gasteiger partial charge >= 0.3 is 5.69 Å². The first kappa shape index (κ1) is 14.5. The fourth-order valence-corrected chi connectivity index (χ4v) is 1.78. The first-order chi connectivity index (χ1) is 9.99. The molecule has 3 N–H and O–H groups in total. The topological polar surface area (TPSA) is 117 Å². The largest absolute Gasteiger partial charge is 0.481 e. The summed E-state index contributed by atoms with van der Waals surface area (Å²) in [7, 11) is 1.49. The highest BCUT2D eigenvalue weighted by molar-refractivity contribution is 5.92. The maximum Gasteiger partial charge on any atom is 0.325 e. The summed E-state index contributed by atoms with van der Waals surface area (Å²) in [6.45, 7) is 1.56. The van der Waals surface area contributed by atoms with E-state index in [1.54, 1.807) is 19.1 Å². The van der Waals surface area contributed by atoms with Crippen molar-refractivity contribution in [2.45, 2.75) is 13.3 Å². The van der Waals surface area contributed by atoms with Crippen LogP contribution in [0.2, 0.25) is 0 Å². The summed E-state index contributed by atoms with van der Waals surface area (Å²) in [6.07, 6.45) is 1.30. The Balaban J connectivity index is 2.11. The molecule has 0 aliphatic rings. The second-order valence-corrected chi connectivity index (χ2v) is 4.33. The molecule has 21 heavy (non-hydrogen) atoms. The standard InChI is InChI=1S/C13H14N4O4/c1-7-9(12(19)17-13(20)15-7)5-10(18)16-8-3-4-11(21-2)14-6-8/h3-4,6H,5H2,1-2H3,(H,16,18)(H2,15,17,19,20). The van der Waals surface area contributed by atoms with Crippen LogP contribution in [0.1, 0.15) is 11.3 Å². The number of nitrogens with zero attached hydrogens (tertiary/aromatic N) is 1. The number of carbonyl (C=O) groups is 1. The van der Waals surface area contributed by atoms with Crippen molar-refractivity contribution < 1.29 is 9.53 Å². The lowest BCUT2D eigenvalue weighted by atomic mass is 10.1. The van der Waals surface area contributed by atoms with Crippen molar-refractivity contribution in [3.8, 4) is 5.88 Å². The number of carbonyl (C=O) groups excluding carboxylic acids is 1. The Hall–Kier alpha value is -2.90. The third-order valence-electron chi connectivity index (χ3n) is 2.82. The minimum atomic E-state index is -0.596. The van der Waals surface area contributed by atoms with Crippen molar-refractivity contribution in [1.82, 2.24) is 15.0 Å². The molecule has 0 saturated carbocycles. The van der Waals surface area contributed by atoms with Crippen LogP contribution < -0.4 is 21.3 Å². The van der Waals surface area contributed by atoms with E-state index < -0.39 is 11.2 Å². The van der Waals surface area contributed by atoms with Crippen LogP contribution in [0, 0.1) is 6.92 Å². The molecule has 2 aromatic rings.